The molecule has 3 aromatic rings. The van der Waals surface area contributed by atoms with Crippen molar-refractivity contribution in [3.05, 3.63) is 65.4 Å². The van der Waals surface area contributed by atoms with Crippen molar-refractivity contribution in [3.8, 4) is 17.4 Å². The van der Waals surface area contributed by atoms with E-state index in [-0.39, 0.29) is 36.0 Å². The number of aromatic nitrogens is 3. The van der Waals surface area contributed by atoms with Gasteiger partial charge in [-0.05, 0) is 67.5 Å². The van der Waals surface area contributed by atoms with Gasteiger partial charge in [0.05, 0.1) is 20.3 Å². The maximum atomic E-state index is 12.5. The molecule has 2 atom stereocenters. The normalized spacial score (nSPS) is 17.6. The second-order valence-corrected chi connectivity index (χ2v) is 8.34. The maximum absolute atomic E-state index is 12.5. The van der Waals surface area contributed by atoms with Crippen molar-refractivity contribution in [3.63, 3.8) is 0 Å². The zero-order chi connectivity index (χ0) is 25.7. The van der Waals surface area contributed by atoms with Gasteiger partial charge in [-0.1, -0.05) is 29.5 Å². The first-order valence-corrected chi connectivity index (χ1v) is 11.5. The van der Waals surface area contributed by atoms with Crippen molar-refractivity contribution in [2.45, 2.75) is 51.1 Å². The van der Waals surface area contributed by atoms with Crippen LogP contribution in [-0.2, 0) is 11.3 Å². The van der Waals surface area contributed by atoms with Crippen molar-refractivity contribution in [2.24, 2.45) is 0 Å². The van der Waals surface area contributed by atoms with Gasteiger partial charge in [0.1, 0.15) is 17.6 Å². The van der Waals surface area contributed by atoms with Gasteiger partial charge in [-0.2, -0.15) is 0 Å². The number of halogens is 3. The average molecular weight is 505 g/mol. The second-order valence-electron chi connectivity index (χ2n) is 8.34. The third-order valence-electron chi connectivity index (χ3n) is 5.90. The Bertz CT molecular complexity index is 1160. The Hall–Kier alpha value is -3.76. The van der Waals surface area contributed by atoms with Crippen LogP contribution >= 0.6 is 0 Å². The number of hydrogen-bond acceptors (Lipinski definition) is 7. The smallest absolute Gasteiger partial charge is 0.497 e. The van der Waals surface area contributed by atoms with E-state index in [0.29, 0.717) is 19.4 Å². The molecule has 0 saturated heterocycles. The minimum atomic E-state index is -4.73. The van der Waals surface area contributed by atoms with Crippen molar-refractivity contribution < 1.29 is 36.9 Å². The topological polar surface area (TPSA) is 84.7 Å². The molecule has 1 aromatic heterocycles. The fourth-order valence-corrected chi connectivity index (χ4v) is 4.21. The van der Waals surface area contributed by atoms with Crippen molar-refractivity contribution in [1.29, 1.82) is 0 Å². The van der Waals surface area contributed by atoms with Crippen LogP contribution in [0.15, 0.2) is 48.5 Å². The van der Waals surface area contributed by atoms with E-state index in [0.717, 1.165) is 23.3 Å². The van der Waals surface area contributed by atoms with Crippen LogP contribution in [0, 0.1) is 0 Å². The lowest BCUT2D eigenvalue weighted by Gasteiger charge is -2.16. The van der Waals surface area contributed by atoms with Crippen LogP contribution in [0.3, 0.4) is 0 Å². The van der Waals surface area contributed by atoms with Crippen molar-refractivity contribution in [1.82, 2.24) is 15.0 Å². The van der Waals surface area contributed by atoms with Crippen LogP contribution < -0.4 is 14.2 Å². The number of alkyl halides is 3. The Labute approximate surface area is 205 Å². The summed E-state index contributed by atoms with van der Waals surface area (Å²) in [6.07, 6.45) is -2.87. The molecule has 1 heterocycles. The van der Waals surface area contributed by atoms with Gasteiger partial charge < -0.3 is 18.9 Å². The zero-order valence-electron chi connectivity index (χ0n) is 19.8. The Morgan fingerprint density at radius 1 is 1.06 bits per heavy atom. The lowest BCUT2D eigenvalue weighted by atomic mass is 9.97. The molecule has 36 heavy (non-hydrogen) atoms. The maximum Gasteiger partial charge on any atom is 0.573 e. The highest BCUT2D eigenvalue weighted by Gasteiger charge is 2.33. The van der Waals surface area contributed by atoms with Crippen LogP contribution in [0.25, 0.3) is 0 Å². The number of rotatable bonds is 9. The van der Waals surface area contributed by atoms with E-state index in [2.05, 4.69) is 15.0 Å². The molecule has 0 N–H and O–H groups in total. The number of methoxy groups -OCH3 is 1. The summed E-state index contributed by atoms with van der Waals surface area (Å²) in [5.74, 6) is 0.152. The highest BCUT2D eigenvalue weighted by atomic mass is 19.4. The molecular formula is C25H26F3N3O5. The molecule has 0 bridgehead atoms. The predicted molar refractivity (Wildman–Crippen MR) is 122 cm³/mol. The van der Waals surface area contributed by atoms with Crippen LogP contribution in [-0.4, -0.2) is 47.1 Å². The molecule has 2 unspecified atom stereocenters. The quantitative estimate of drug-likeness (QED) is 0.373. The first-order chi connectivity index (χ1) is 17.3. The average Bonchev–Trinajstić information content (AvgIpc) is 3.47. The van der Waals surface area contributed by atoms with E-state index < -0.39 is 12.3 Å². The summed E-state index contributed by atoms with van der Waals surface area (Å²) in [7, 11) is 1.59. The van der Waals surface area contributed by atoms with Crippen LogP contribution in [0.5, 0.6) is 17.4 Å². The third-order valence-corrected chi connectivity index (χ3v) is 5.90. The molecule has 1 aliphatic rings. The summed E-state index contributed by atoms with van der Waals surface area (Å²) in [5, 5.41) is 8.12. The van der Waals surface area contributed by atoms with Gasteiger partial charge in [-0.25, -0.2) is 9.48 Å². The lowest BCUT2D eigenvalue weighted by Crippen LogP contribution is -2.18. The second kappa shape index (κ2) is 10.9. The molecule has 1 saturated carbocycles. The zero-order valence-corrected chi connectivity index (χ0v) is 19.8. The molecule has 192 valence electrons. The Morgan fingerprint density at radius 3 is 2.39 bits per heavy atom. The fraction of sp³-hybridized carbons (Fsp3) is 0.400. The third kappa shape index (κ3) is 6.27. The van der Waals surface area contributed by atoms with Crippen LogP contribution in [0.4, 0.5) is 13.2 Å². The number of benzene rings is 2. The van der Waals surface area contributed by atoms with Gasteiger partial charge in [0.25, 0.3) is 0 Å². The number of nitrogens with zero attached hydrogens (tertiary/aromatic N) is 3. The summed E-state index contributed by atoms with van der Waals surface area (Å²) in [6, 6.07) is 13.3. The number of hydrogen-bond donors (Lipinski definition) is 0. The molecule has 0 spiro atoms. The predicted octanol–water partition coefficient (Wildman–Crippen LogP) is 5.13. The summed E-state index contributed by atoms with van der Waals surface area (Å²) in [4.78, 5) is 12.5. The number of ether oxygens (including phenoxy) is 4. The van der Waals surface area contributed by atoms with Gasteiger partial charge in [-0.15, -0.1) is 18.3 Å². The standard InChI is InChI=1S/C25H26F3N3O5/c1-3-34-24(32)22-23(31(30-29-22)15-16-4-9-19(33-2)10-5-16)35-21-13-8-18(14-21)17-6-11-20(12-7-17)36-25(26,27)28/h4-7,9-12,18,21H,3,8,13-15H2,1-2H3. The molecule has 8 nitrogen and oxygen atoms in total. The Balaban J connectivity index is 1.48. The minimum absolute atomic E-state index is 0.00228. The van der Waals surface area contributed by atoms with Gasteiger partial charge in [0.15, 0.2) is 0 Å². The molecule has 1 fully saturated rings. The van der Waals surface area contributed by atoms with Crippen molar-refractivity contribution >= 4 is 5.97 Å². The number of carbonyl (C=O) groups is 1. The molecule has 0 amide bonds. The van der Waals surface area contributed by atoms with E-state index in [4.69, 9.17) is 14.2 Å². The van der Waals surface area contributed by atoms with Gasteiger partial charge in [0, 0.05) is 0 Å². The monoisotopic (exact) mass is 505 g/mol. The summed E-state index contributed by atoms with van der Waals surface area (Å²) < 4.78 is 59.3. The van der Waals surface area contributed by atoms with E-state index in [1.54, 1.807) is 26.2 Å². The largest absolute Gasteiger partial charge is 0.573 e. The molecule has 0 radical (unpaired) electrons. The molecule has 2 aromatic carbocycles. The Morgan fingerprint density at radius 2 is 1.75 bits per heavy atom. The lowest BCUT2D eigenvalue weighted by molar-refractivity contribution is -0.274. The minimum Gasteiger partial charge on any atom is -0.497 e. The number of carbonyl (C=O) groups excluding carboxylic acids is 1. The van der Waals surface area contributed by atoms with Crippen molar-refractivity contribution in [2.75, 3.05) is 13.7 Å². The van der Waals surface area contributed by atoms with E-state index in [1.165, 1.54) is 16.8 Å². The van der Waals surface area contributed by atoms with E-state index in [9.17, 15) is 18.0 Å². The SMILES string of the molecule is CCOC(=O)c1nnn(Cc2ccc(OC)cc2)c1OC1CCC(c2ccc(OC(F)(F)F)cc2)C1. The molecule has 1 aliphatic carbocycles. The first-order valence-electron chi connectivity index (χ1n) is 11.5. The summed E-state index contributed by atoms with van der Waals surface area (Å²) in [6.45, 7) is 2.21. The van der Waals surface area contributed by atoms with Gasteiger partial charge in [-0.3, -0.25) is 0 Å². The molecule has 11 heteroatoms. The van der Waals surface area contributed by atoms with Gasteiger partial charge in [0.2, 0.25) is 11.6 Å². The van der Waals surface area contributed by atoms with Gasteiger partial charge >= 0.3 is 12.3 Å². The highest BCUT2D eigenvalue weighted by molar-refractivity contribution is 5.89. The molecular weight excluding hydrogens is 479 g/mol. The first kappa shape index (κ1) is 25.3. The molecule has 4 rings (SSSR count). The summed E-state index contributed by atoms with van der Waals surface area (Å²) >= 11 is 0. The van der Waals surface area contributed by atoms with E-state index >= 15 is 0 Å². The van der Waals surface area contributed by atoms with E-state index in [1.807, 2.05) is 24.3 Å². The van der Waals surface area contributed by atoms with Crippen LogP contribution in [0.1, 0.15) is 53.7 Å². The molecule has 0 aliphatic heterocycles. The van der Waals surface area contributed by atoms with Crippen LogP contribution in [0.2, 0.25) is 0 Å². The Kier molecular flexibility index (Phi) is 7.66. The fourth-order valence-electron chi connectivity index (χ4n) is 4.21. The highest BCUT2D eigenvalue weighted by Crippen LogP contribution is 2.38. The number of esters is 1. The summed E-state index contributed by atoms with van der Waals surface area (Å²) in [5.41, 5.74) is 1.81.